The summed E-state index contributed by atoms with van der Waals surface area (Å²) in [4.78, 5) is 0. The van der Waals surface area contributed by atoms with Crippen molar-refractivity contribution >= 4 is 0 Å². The first-order valence-electron chi connectivity index (χ1n) is 4.49. The minimum atomic E-state index is -0.767. The van der Waals surface area contributed by atoms with Crippen LogP contribution in [0.1, 0.15) is 33.6 Å². The molecule has 0 unspecified atom stereocenters. The zero-order valence-electron chi connectivity index (χ0n) is 8.04. The van der Waals surface area contributed by atoms with Crippen molar-refractivity contribution in [2.24, 2.45) is 5.92 Å². The van der Waals surface area contributed by atoms with Crippen LogP contribution in [0.25, 0.3) is 0 Å². The van der Waals surface area contributed by atoms with Crippen molar-refractivity contribution in [1.82, 2.24) is 0 Å². The van der Waals surface area contributed by atoms with Crippen molar-refractivity contribution in [1.29, 1.82) is 0 Å². The highest BCUT2D eigenvalue weighted by Crippen LogP contribution is 2.31. The van der Waals surface area contributed by atoms with Gasteiger partial charge in [-0.25, -0.2) is 0 Å². The third-order valence-electron chi connectivity index (χ3n) is 2.62. The van der Waals surface area contributed by atoms with Gasteiger partial charge in [-0.3, -0.25) is 0 Å². The van der Waals surface area contributed by atoms with E-state index in [1.54, 1.807) is 13.8 Å². The summed E-state index contributed by atoms with van der Waals surface area (Å²) in [7, 11) is 0. The lowest BCUT2D eigenvalue weighted by molar-refractivity contribution is -0.0378. The third kappa shape index (κ3) is 2.08. The Hall–Kier alpha value is -0.340. The Bertz CT molecular complexity index is 189. The normalized spacial score (nSPS) is 31.6. The Kier molecular flexibility index (Phi) is 2.59. The molecule has 0 radical (unpaired) electrons. The zero-order chi connectivity index (χ0) is 9.35. The highest BCUT2D eigenvalue weighted by Gasteiger charge is 2.33. The van der Waals surface area contributed by atoms with Crippen molar-refractivity contribution in [2.75, 3.05) is 0 Å². The summed E-state index contributed by atoms with van der Waals surface area (Å²) in [6.45, 7) is 5.54. The molecule has 1 aliphatic carbocycles. The number of allylic oxidation sites excluding steroid dienone is 1. The summed E-state index contributed by atoms with van der Waals surface area (Å²) in [5, 5.41) is 19.3. The van der Waals surface area contributed by atoms with Gasteiger partial charge in [-0.1, -0.05) is 11.6 Å². The summed E-state index contributed by atoms with van der Waals surface area (Å²) >= 11 is 0. The van der Waals surface area contributed by atoms with Crippen molar-refractivity contribution in [3.05, 3.63) is 11.6 Å². The van der Waals surface area contributed by atoms with E-state index in [0.717, 1.165) is 12.8 Å². The highest BCUT2D eigenvalue weighted by molar-refractivity contribution is 5.10. The number of hydrogen-bond donors (Lipinski definition) is 2. The van der Waals surface area contributed by atoms with Crippen LogP contribution in [0, 0.1) is 5.92 Å². The molecule has 0 aromatic heterocycles. The van der Waals surface area contributed by atoms with Gasteiger partial charge in [-0.05, 0) is 33.6 Å². The third-order valence-corrected chi connectivity index (χ3v) is 2.62. The van der Waals surface area contributed by atoms with Gasteiger partial charge >= 0.3 is 0 Å². The maximum atomic E-state index is 9.71. The van der Waals surface area contributed by atoms with Crippen LogP contribution in [0.2, 0.25) is 0 Å². The monoisotopic (exact) mass is 170 g/mol. The van der Waals surface area contributed by atoms with Gasteiger partial charge in [-0.15, -0.1) is 0 Å². The van der Waals surface area contributed by atoms with E-state index in [1.807, 2.05) is 13.0 Å². The summed E-state index contributed by atoms with van der Waals surface area (Å²) in [6, 6.07) is 0. The summed E-state index contributed by atoms with van der Waals surface area (Å²) in [6.07, 6.45) is 3.25. The van der Waals surface area contributed by atoms with E-state index in [2.05, 4.69) is 0 Å². The smallest absolute Gasteiger partial charge is 0.0778 e. The van der Waals surface area contributed by atoms with E-state index in [1.165, 1.54) is 5.57 Å². The van der Waals surface area contributed by atoms with E-state index >= 15 is 0 Å². The maximum absolute atomic E-state index is 9.71. The predicted octanol–water partition coefficient (Wildman–Crippen LogP) is 1.47. The fourth-order valence-electron chi connectivity index (χ4n) is 1.82. The molecule has 1 rings (SSSR count). The molecular formula is C10H18O2. The van der Waals surface area contributed by atoms with Gasteiger partial charge in [0.1, 0.15) is 0 Å². The number of hydrogen-bond acceptors (Lipinski definition) is 2. The van der Waals surface area contributed by atoms with Crippen LogP contribution in [0.3, 0.4) is 0 Å². The average Bonchev–Trinajstić information content (AvgIpc) is 1.83. The molecule has 0 amide bonds. The van der Waals surface area contributed by atoms with Crippen LogP contribution in [-0.4, -0.2) is 21.9 Å². The Morgan fingerprint density at radius 3 is 2.50 bits per heavy atom. The van der Waals surface area contributed by atoms with E-state index in [-0.39, 0.29) is 5.92 Å². The second kappa shape index (κ2) is 3.19. The molecule has 2 nitrogen and oxygen atoms in total. The predicted molar refractivity (Wildman–Crippen MR) is 48.8 cm³/mol. The van der Waals surface area contributed by atoms with Gasteiger partial charge in [0.2, 0.25) is 0 Å². The van der Waals surface area contributed by atoms with Gasteiger partial charge in [0.25, 0.3) is 0 Å². The molecule has 0 aromatic carbocycles. The van der Waals surface area contributed by atoms with Crippen molar-refractivity contribution in [2.45, 2.75) is 45.3 Å². The first-order chi connectivity index (χ1) is 5.41. The van der Waals surface area contributed by atoms with Crippen molar-refractivity contribution < 1.29 is 10.2 Å². The Morgan fingerprint density at radius 1 is 1.50 bits per heavy atom. The van der Waals surface area contributed by atoms with E-state index in [4.69, 9.17) is 0 Å². The molecule has 12 heavy (non-hydrogen) atoms. The molecular weight excluding hydrogens is 152 g/mol. The lowest BCUT2D eigenvalue weighted by Gasteiger charge is -2.35. The molecule has 0 saturated heterocycles. The van der Waals surface area contributed by atoms with E-state index < -0.39 is 11.7 Å². The topological polar surface area (TPSA) is 40.5 Å². The highest BCUT2D eigenvalue weighted by atomic mass is 16.3. The Labute approximate surface area is 73.9 Å². The molecule has 0 aliphatic heterocycles. The quantitative estimate of drug-likeness (QED) is 0.585. The molecule has 0 aromatic rings. The Morgan fingerprint density at radius 2 is 2.08 bits per heavy atom. The minimum absolute atomic E-state index is 0.0128. The minimum Gasteiger partial charge on any atom is -0.390 e. The van der Waals surface area contributed by atoms with Crippen LogP contribution >= 0.6 is 0 Å². The Balaban J connectivity index is 2.72. The number of aliphatic hydroxyl groups is 2. The molecule has 0 fully saturated rings. The van der Waals surface area contributed by atoms with Crippen molar-refractivity contribution in [3.8, 4) is 0 Å². The van der Waals surface area contributed by atoms with Gasteiger partial charge in [-0.2, -0.15) is 0 Å². The van der Waals surface area contributed by atoms with Crippen molar-refractivity contribution in [3.63, 3.8) is 0 Å². The van der Waals surface area contributed by atoms with Gasteiger partial charge in [0.05, 0.1) is 11.7 Å². The van der Waals surface area contributed by atoms with E-state index in [0.29, 0.717) is 0 Å². The van der Waals surface area contributed by atoms with Gasteiger partial charge < -0.3 is 10.2 Å². The zero-order valence-corrected chi connectivity index (χ0v) is 8.04. The first-order valence-corrected chi connectivity index (χ1v) is 4.49. The van der Waals surface area contributed by atoms with Gasteiger partial charge in [0, 0.05) is 5.92 Å². The maximum Gasteiger partial charge on any atom is 0.0778 e. The standard InChI is InChI=1S/C10H18O2/c1-7-4-5-8(9(11)6-7)10(2,3)12/h6,8-9,11-12H,4-5H2,1-3H3/t8-,9-/m1/s1. The second-order valence-electron chi connectivity index (χ2n) is 4.30. The molecule has 0 bridgehead atoms. The molecule has 1 aliphatic rings. The molecule has 2 N–H and O–H groups in total. The number of aliphatic hydroxyl groups excluding tert-OH is 1. The average molecular weight is 170 g/mol. The van der Waals surface area contributed by atoms with Crippen LogP contribution in [0.4, 0.5) is 0 Å². The SMILES string of the molecule is CC1=C[C@@H](O)[C@H](C(C)(C)O)CC1. The van der Waals surface area contributed by atoms with Crippen LogP contribution in [0.5, 0.6) is 0 Å². The summed E-state index contributed by atoms with van der Waals surface area (Å²) in [5.74, 6) is -0.0128. The van der Waals surface area contributed by atoms with Crippen LogP contribution in [0.15, 0.2) is 11.6 Å². The molecule has 2 heteroatoms. The largest absolute Gasteiger partial charge is 0.390 e. The van der Waals surface area contributed by atoms with Gasteiger partial charge in [0.15, 0.2) is 0 Å². The second-order valence-corrected chi connectivity index (χ2v) is 4.30. The first kappa shape index (κ1) is 9.75. The fraction of sp³-hybridized carbons (Fsp3) is 0.800. The molecule has 0 spiro atoms. The molecule has 0 heterocycles. The molecule has 70 valence electrons. The molecule has 2 atom stereocenters. The van der Waals surface area contributed by atoms with Crippen LogP contribution < -0.4 is 0 Å². The number of rotatable bonds is 1. The summed E-state index contributed by atoms with van der Waals surface area (Å²) in [5.41, 5.74) is 0.458. The summed E-state index contributed by atoms with van der Waals surface area (Å²) < 4.78 is 0. The van der Waals surface area contributed by atoms with E-state index in [9.17, 15) is 10.2 Å². The fourth-order valence-corrected chi connectivity index (χ4v) is 1.82. The van der Waals surface area contributed by atoms with Crippen LogP contribution in [-0.2, 0) is 0 Å². The lowest BCUT2D eigenvalue weighted by Crippen LogP contribution is -2.40. The molecule has 0 saturated carbocycles. The lowest BCUT2D eigenvalue weighted by atomic mass is 9.78.